The van der Waals surface area contributed by atoms with Gasteiger partial charge in [0.05, 0.1) is 42.3 Å². The Morgan fingerprint density at radius 1 is 1.06 bits per heavy atom. The number of hydrogen-bond donors (Lipinski definition) is 1. The lowest BCUT2D eigenvalue weighted by atomic mass is 10.1. The molecule has 0 unspecified atom stereocenters. The Kier molecular flexibility index (Phi) is 7.92. The first-order valence-electron chi connectivity index (χ1n) is 10.9. The van der Waals surface area contributed by atoms with Gasteiger partial charge in [-0.05, 0) is 61.5 Å². The molecule has 0 aliphatic rings. The van der Waals surface area contributed by atoms with Crippen molar-refractivity contribution in [3.63, 3.8) is 0 Å². The molecule has 10 heteroatoms. The normalized spacial score (nSPS) is 11.4. The van der Waals surface area contributed by atoms with E-state index in [1.165, 1.54) is 4.57 Å². The van der Waals surface area contributed by atoms with Crippen LogP contribution in [0.2, 0.25) is 5.02 Å². The summed E-state index contributed by atoms with van der Waals surface area (Å²) in [6, 6.07) is 19.3. The average Bonchev–Trinajstić information content (AvgIpc) is 2.91. The second kappa shape index (κ2) is 11.3. The summed E-state index contributed by atoms with van der Waals surface area (Å²) in [5, 5.41) is 5.62. The number of benzene rings is 3. The average molecular weight is 523 g/mol. The third-order valence-electron chi connectivity index (χ3n) is 5.31. The standard InChI is InChI=1S/C26H23ClN4O4S/c1-16(17-8-13-22(34-2)23(14-17)35-3)29-30-24(32)15-36-26-28-21-7-5-4-6-20(21)25(33)31(26)19-11-9-18(27)10-12-19/h4-14H,15H2,1-3H3,(H,30,32). The van der Waals surface area contributed by atoms with E-state index in [-0.39, 0.29) is 17.2 Å². The Morgan fingerprint density at radius 3 is 2.50 bits per heavy atom. The number of hydrogen-bond acceptors (Lipinski definition) is 7. The van der Waals surface area contributed by atoms with Crippen LogP contribution in [-0.2, 0) is 4.79 Å². The number of thioether (sulfide) groups is 1. The van der Waals surface area contributed by atoms with Gasteiger partial charge in [-0.25, -0.2) is 10.4 Å². The molecule has 3 aromatic carbocycles. The molecule has 0 radical (unpaired) electrons. The maximum Gasteiger partial charge on any atom is 0.266 e. The highest BCUT2D eigenvalue weighted by atomic mass is 35.5. The number of rotatable bonds is 8. The highest BCUT2D eigenvalue weighted by Gasteiger charge is 2.15. The summed E-state index contributed by atoms with van der Waals surface area (Å²) in [6.45, 7) is 1.78. The second-order valence-corrected chi connectivity index (χ2v) is 9.00. The van der Waals surface area contributed by atoms with E-state index in [4.69, 9.17) is 21.1 Å². The van der Waals surface area contributed by atoms with Crippen LogP contribution in [0.15, 0.2) is 81.8 Å². The van der Waals surface area contributed by atoms with Gasteiger partial charge in [0.15, 0.2) is 16.7 Å². The van der Waals surface area contributed by atoms with E-state index in [0.717, 1.165) is 17.3 Å². The maximum atomic E-state index is 13.3. The van der Waals surface area contributed by atoms with Gasteiger partial charge >= 0.3 is 0 Å². The third kappa shape index (κ3) is 5.53. The molecule has 0 bridgehead atoms. The summed E-state index contributed by atoms with van der Waals surface area (Å²) in [5.74, 6) is 0.823. The quantitative estimate of drug-likeness (QED) is 0.156. The van der Waals surface area contributed by atoms with Crippen LogP contribution >= 0.6 is 23.4 Å². The molecule has 0 saturated heterocycles. The second-order valence-electron chi connectivity index (χ2n) is 7.62. The Labute approximate surface area is 216 Å². The van der Waals surface area contributed by atoms with E-state index in [0.29, 0.717) is 44.0 Å². The number of carbonyl (C=O) groups is 1. The first kappa shape index (κ1) is 25.3. The summed E-state index contributed by atoms with van der Waals surface area (Å²) in [7, 11) is 3.12. The van der Waals surface area contributed by atoms with Crippen LogP contribution in [0.4, 0.5) is 0 Å². The molecule has 4 rings (SSSR count). The molecule has 4 aromatic rings. The Morgan fingerprint density at radius 2 is 1.78 bits per heavy atom. The molecule has 1 heterocycles. The van der Waals surface area contributed by atoms with Crippen LogP contribution in [0.5, 0.6) is 11.5 Å². The van der Waals surface area contributed by atoms with Crippen molar-refractivity contribution in [2.75, 3.05) is 20.0 Å². The molecule has 184 valence electrons. The van der Waals surface area contributed by atoms with Gasteiger partial charge in [-0.2, -0.15) is 5.10 Å². The van der Waals surface area contributed by atoms with Crippen LogP contribution in [0.3, 0.4) is 0 Å². The summed E-state index contributed by atoms with van der Waals surface area (Å²) in [4.78, 5) is 30.5. The molecular formula is C26H23ClN4O4S. The smallest absolute Gasteiger partial charge is 0.266 e. The number of amides is 1. The highest BCUT2D eigenvalue weighted by Crippen LogP contribution is 2.28. The van der Waals surface area contributed by atoms with E-state index in [9.17, 15) is 9.59 Å². The van der Waals surface area contributed by atoms with Crippen LogP contribution < -0.4 is 20.5 Å². The molecule has 1 amide bonds. The molecule has 1 N–H and O–H groups in total. The van der Waals surface area contributed by atoms with Crippen molar-refractivity contribution < 1.29 is 14.3 Å². The van der Waals surface area contributed by atoms with Gasteiger partial charge in [0.2, 0.25) is 0 Å². The molecular weight excluding hydrogens is 500 g/mol. The number of aromatic nitrogens is 2. The predicted octanol–water partition coefficient (Wildman–Crippen LogP) is 4.69. The lowest BCUT2D eigenvalue weighted by Gasteiger charge is -2.13. The lowest BCUT2D eigenvalue weighted by Crippen LogP contribution is -2.24. The van der Waals surface area contributed by atoms with Crippen molar-refractivity contribution in [2.45, 2.75) is 12.1 Å². The fourth-order valence-corrected chi connectivity index (χ4v) is 4.39. The van der Waals surface area contributed by atoms with E-state index in [1.54, 1.807) is 75.7 Å². The van der Waals surface area contributed by atoms with Crippen molar-refractivity contribution in [1.82, 2.24) is 15.0 Å². The number of para-hydroxylation sites is 1. The zero-order chi connectivity index (χ0) is 25.7. The predicted molar refractivity (Wildman–Crippen MR) is 143 cm³/mol. The van der Waals surface area contributed by atoms with Gasteiger partial charge in [0.25, 0.3) is 11.5 Å². The fourth-order valence-electron chi connectivity index (χ4n) is 3.46. The molecule has 0 saturated carbocycles. The van der Waals surface area contributed by atoms with Gasteiger partial charge in [0.1, 0.15) is 0 Å². The lowest BCUT2D eigenvalue weighted by molar-refractivity contribution is -0.118. The third-order valence-corrected chi connectivity index (χ3v) is 6.50. The number of nitrogens with zero attached hydrogens (tertiary/aromatic N) is 3. The van der Waals surface area contributed by atoms with Crippen molar-refractivity contribution in [3.8, 4) is 17.2 Å². The van der Waals surface area contributed by atoms with Crippen molar-refractivity contribution in [1.29, 1.82) is 0 Å². The highest BCUT2D eigenvalue weighted by molar-refractivity contribution is 7.99. The Balaban J connectivity index is 1.55. The minimum Gasteiger partial charge on any atom is -0.493 e. The van der Waals surface area contributed by atoms with Gasteiger partial charge in [-0.3, -0.25) is 14.2 Å². The molecule has 0 aliphatic heterocycles. The zero-order valence-electron chi connectivity index (χ0n) is 19.8. The van der Waals surface area contributed by atoms with Gasteiger partial charge in [-0.15, -0.1) is 0 Å². The topological polar surface area (TPSA) is 94.8 Å². The number of halogens is 1. The van der Waals surface area contributed by atoms with Crippen LogP contribution in [-0.4, -0.2) is 41.1 Å². The van der Waals surface area contributed by atoms with Crippen LogP contribution in [0, 0.1) is 0 Å². The van der Waals surface area contributed by atoms with E-state index >= 15 is 0 Å². The monoisotopic (exact) mass is 522 g/mol. The van der Waals surface area contributed by atoms with Crippen molar-refractivity contribution >= 4 is 45.9 Å². The van der Waals surface area contributed by atoms with Gasteiger partial charge in [0, 0.05) is 10.6 Å². The van der Waals surface area contributed by atoms with Gasteiger partial charge < -0.3 is 9.47 Å². The minimum atomic E-state index is -0.343. The number of nitrogens with one attached hydrogen (secondary N) is 1. The fraction of sp³-hybridized carbons (Fsp3) is 0.154. The molecule has 0 aliphatic carbocycles. The van der Waals surface area contributed by atoms with Gasteiger partial charge in [-0.1, -0.05) is 35.5 Å². The summed E-state index contributed by atoms with van der Waals surface area (Å²) >= 11 is 7.17. The number of ether oxygens (including phenoxy) is 2. The maximum absolute atomic E-state index is 13.3. The molecule has 0 atom stereocenters. The Hall–Kier alpha value is -3.82. The number of hydrazone groups is 1. The largest absolute Gasteiger partial charge is 0.493 e. The molecule has 0 fully saturated rings. The van der Waals surface area contributed by atoms with Crippen molar-refractivity contribution in [3.05, 3.63) is 87.7 Å². The zero-order valence-corrected chi connectivity index (χ0v) is 21.4. The number of methoxy groups -OCH3 is 2. The minimum absolute atomic E-state index is 0.00108. The number of fused-ring (bicyclic) bond motifs is 1. The van der Waals surface area contributed by atoms with E-state index in [2.05, 4.69) is 15.5 Å². The summed E-state index contributed by atoms with van der Waals surface area (Å²) in [6.07, 6.45) is 0. The van der Waals surface area contributed by atoms with Crippen molar-refractivity contribution in [2.24, 2.45) is 5.10 Å². The molecule has 0 spiro atoms. The SMILES string of the molecule is COc1ccc(C(C)=NNC(=O)CSc2nc3ccccc3c(=O)n2-c2ccc(Cl)cc2)cc1OC. The first-order valence-corrected chi connectivity index (χ1v) is 12.2. The summed E-state index contributed by atoms with van der Waals surface area (Å²) < 4.78 is 12.1. The Bertz CT molecular complexity index is 1500. The molecule has 36 heavy (non-hydrogen) atoms. The van der Waals surface area contributed by atoms with E-state index in [1.807, 2.05) is 12.1 Å². The molecule has 1 aromatic heterocycles. The molecule has 8 nitrogen and oxygen atoms in total. The van der Waals surface area contributed by atoms with Crippen LogP contribution in [0.1, 0.15) is 12.5 Å². The first-order chi connectivity index (χ1) is 17.4. The van der Waals surface area contributed by atoms with E-state index < -0.39 is 0 Å². The van der Waals surface area contributed by atoms with Crippen LogP contribution in [0.25, 0.3) is 16.6 Å². The summed E-state index contributed by atoms with van der Waals surface area (Å²) in [5.41, 5.74) is 4.85. The number of carbonyl (C=O) groups excluding carboxylic acids is 1.